The minimum atomic E-state index is -0.226. The Labute approximate surface area is 163 Å². The summed E-state index contributed by atoms with van der Waals surface area (Å²) in [5.41, 5.74) is 1.30. The predicted octanol–water partition coefficient (Wildman–Crippen LogP) is 4.50. The first-order valence-electron chi connectivity index (χ1n) is 8.43. The Morgan fingerprint density at radius 2 is 2.12 bits per heavy atom. The summed E-state index contributed by atoms with van der Waals surface area (Å²) < 4.78 is 13.6. The second-order valence-corrected chi connectivity index (χ2v) is 8.29. The van der Waals surface area contributed by atoms with Crippen LogP contribution < -0.4 is 5.32 Å². The summed E-state index contributed by atoms with van der Waals surface area (Å²) in [4.78, 5) is 6.89. The zero-order valence-electron chi connectivity index (χ0n) is 13.9. The lowest BCUT2D eigenvalue weighted by molar-refractivity contribution is 0.187. The van der Waals surface area contributed by atoms with Gasteiger partial charge >= 0.3 is 0 Å². The van der Waals surface area contributed by atoms with E-state index in [-0.39, 0.29) is 18.2 Å². The maximum atomic E-state index is 13.6. The minimum absolute atomic E-state index is 0. The molecule has 1 unspecified atom stereocenters. The van der Waals surface area contributed by atoms with E-state index in [0.717, 1.165) is 30.2 Å². The number of nitrogens with one attached hydrogen (secondary N) is 1. The van der Waals surface area contributed by atoms with Crippen LogP contribution >= 0.6 is 35.3 Å². The fourth-order valence-electron chi connectivity index (χ4n) is 3.97. The summed E-state index contributed by atoms with van der Waals surface area (Å²) in [6, 6.07) is 5.18. The maximum absolute atomic E-state index is 13.6. The molecule has 0 radical (unpaired) electrons. The molecule has 2 fully saturated rings. The van der Waals surface area contributed by atoms with Crippen LogP contribution in [0, 0.1) is 11.2 Å². The molecule has 4 rings (SSSR count). The first-order valence-corrected chi connectivity index (χ1v) is 9.69. The monoisotopic (exact) mass is 401 g/mol. The van der Waals surface area contributed by atoms with Gasteiger partial charge in [-0.3, -0.25) is 4.90 Å². The van der Waals surface area contributed by atoms with Crippen molar-refractivity contribution in [3.05, 3.63) is 51.2 Å². The molecule has 1 aliphatic carbocycles. The highest BCUT2D eigenvalue weighted by Gasteiger charge is 2.56. The van der Waals surface area contributed by atoms with Gasteiger partial charge in [0.25, 0.3) is 0 Å². The topological polar surface area (TPSA) is 28.2 Å². The Hall–Kier alpha value is -0.720. The van der Waals surface area contributed by atoms with Crippen LogP contribution in [0.2, 0.25) is 5.02 Å². The molecule has 1 aliphatic heterocycles. The smallest absolute Gasteiger partial charge is 0.123 e. The summed E-state index contributed by atoms with van der Waals surface area (Å²) in [5.74, 6) is -0.226. The SMILES string of the molecule is Cl.Fc1ccc(Cl)c(CN(Cc2nccs2)C2CC23CCNCC3)c1. The van der Waals surface area contributed by atoms with Crippen LogP contribution in [-0.2, 0) is 13.1 Å². The lowest BCUT2D eigenvalue weighted by Crippen LogP contribution is -2.35. The van der Waals surface area contributed by atoms with E-state index in [0.29, 0.717) is 23.0 Å². The fraction of sp³-hybridized carbons (Fsp3) is 0.500. The Bertz CT molecular complexity index is 704. The zero-order valence-corrected chi connectivity index (χ0v) is 16.3. The predicted molar refractivity (Wildman–Crippen MR) is 103 cm³/mol. The molecule has 0 bridgehead atoms. The highest BCUT2D eigenvalue weighted by atomic mass is 35.5. The number of benzene rings is 1. The van der Waals surface area contributed by atoms with Gasteiger partial charge in [-0.1, -0.05) is 11.6 Å². The number of thiazole rings is 1. The van der Waals surface area contributed by atoms with Crippen molar-refractivity contribution in [3.8, 4) is 0 Å². The highest BCUT2D eigenvalue weighted by Crippen LogP contribution is 2.56. The van der Waals surface area contributed by atoms with Gasteiger partial charge in [0.15, 0.2) is 0 Å². The average molecular weight is 402 g/mol. The molecule has 1 saturated heterocycles. The molecule has 25 heavy (non-hydrogen) atoms. The van der Waals surface area contributed by atoms with Crippen molar-refractivity contribution in [2.24, 2.45) is 5.41 Å². The molecule has 7 heteroatoms. The highest BCUT2D eigenvalue weighted by molar-refractivity contribution is 7.09. The Kier molecular flexibility index (Phi) is 6.01. The van der Waals surface area contributed by atoms with Crippen molar-refractivity contribution >= 4 is 35.3 Å². The third-order valence-corrected chi connectivity index (χ3v) is 6.52. The van der Waals surface area contributed by atoms with Crippen LogP contribution in [0.3, 0.4) is 0 Å². The van der Waals surface area contributed by atoms with Crippen LogP contribution in [0.5, 0.6) is 0 Å². The van der Waals surface area contributed by atoms with Crippen molar-refractivity contribution in [2.45, 2.75) is 38.4 Å². The van der Waals surface area contributed by atoms with Gasteiger partial charge in [0.1, 0.15) is 10.8 Å². The molecule has 3 nitrogen and oxygen atoms in total. The van der Waals surface area contributed by atoms with E-state index in [9.17, 15) is 4.39 Å². The number of rotatable bonds is 5. The summed E-state index contributed by atoms with van der Waals surface area (Å²) in [6.07, 6.45) is 5.53. The van der Waals surface area contributed by atoms with Gasteiger partial charge in [0.2, 0.25) is 0 Å². The van der Waals surface area contributed by atoms with Gasteiger partial charge in [0, 0.05) is 29.2 Å². The van der Waals surface area contributed by atoms with Crippen LogP contribution in [0.25, 0.3) is 0 Å². The van der Waals surface area contributed by atoms with Gasteiger partial charge in [-0.15, -0.1) is 23.7 Å². The van der Waals surface area contributed by atoms with Gasteiger partial charge in [-0.25, -0.2) is 9.37 Å². The lowest BCUT2D eigenvalue weighted by atomic mass is 9.93. The molecular formula is C18H22Cl2FN3S. The molecule has 0 amide bonds. The first kappa shape index (κ1) is 19.1. The fourth-order valence-corrected chi connectivity index (χ4v) is 4.79. The summed E-state index contributed by atoms with van der Waals surface area (Å²) in [5, 5.41) is 7.21. The van der Waals surface area contributed by atoms with Crippen molar-refractivity contribution in [1.82, 2.24) is 15.2 Å². The first-order chi connectivity index (χ1) is 11.7. The van der Waals surface area contributed by atoms with E-state index in [2.05, 4.69) is 15.2 Å². The van der Waals surface area contributed by atoms with Crippen LogP contribution in [-0.4, -0.2) is 29.0 Å². The number of hydrogen-bond acceptors (Lipinski definition) is 4. The largest absolute Gasteiger partial charge is 0.317 e. The molecule has 2 aromatic rings. The van der Waals surface area contributed by atoms with Gasteiger partial charge in [0.05, 0.1) is 6.54 Å². The average Bonchev–Trinajstić information content (AvgIpc) is 3.02. The van der Waals surface area contributed by atoms with Crippen LogP contribution in [0.1, 0.15) is 29.8 Å². The molecule has 1 N–H and O–H groups in total. The number of aromatic nitrogens is 1. The Morgan fingerprint density at radius 3 is 2.84 bits per heavy atom. The standard InChI is InChI=1S/C18H21ClFN3S.ClH/c19-15-2-1-14(20)9-13(15)11-23(12-17-22-7-8-24-17)16-10-18(16)3-5-21-6-4-18;/h1-2,7-9,16,21H,3-6,10-12H2;1H. The van der Waals surface area contributed by atoms with E-state index < -0.39 is 0 Å². The molecule has 1 aromatic carbocycles. The summed E-state index contributed by atoms with van der Waals surface area (Å²) in [6.45, 7) is 3.69. The van der Waals surface area contributed by atoms with E-state index in [1.165, 1.54) is 25.3 Å². The summed E-state index contributed by atoms with van der Waals surface area (Å²) in [7, 11) is 0. The van der Waals surface area contributed by atoms with E-state index in [1.807, 2.05) is 11.6 Å². The van der Waals surface area contributed by atoms with Crippen LogP contribution in [0.4, 0.5) is 4.39 Å². The van der Waals surface area contributed by atoms with E-state index in [1.54, 1.807) is 23.5 Å². The molecule has 2 aliphatic rings. The molecule has 136 valence electrons. The maximum Gasteiger partial charge on any atom is 0.123 e. The number of hydrogen-bond donors (Lipinski definition) is 1. The molecule has 1 spiro atoms. The van der Waals surface area contributed by atoms with E-state index >= 15 is 0 Å². The normalized spacial score (nSPS) is 21.3. The van der Waals surface area contributed by atoms with Crippen molar-refractivity contribution in [3.63, 3.8) is 0 Å². The van der Waals surface area contributed by atoms with Crippen LogP contribution in [0.15, 0.2) is 29.8 Å². The van der Waals surface area contributed by atoms with Gasteiger partial charge in [-0.2, -0.15) is 0 Å². The number of nitrogens with zero attached hydrogens (tertiary/aromatic N) is 2. The Balaban J connectivity index is 0.00000182. The molecule has 1 saturated carbocycles. The van der Waals surface area contributed by atoms with E-state index in [4.69, 9.17) is 11.6 Å². The molecular weight excluding hydrogens is 380 g/mol. The van der Waals surface area contributed by atoms with Gasteiger partial charge in [-0.05, 0) is 61.5 Å². The summed E-state index contributed by atoms with van der Waals surface area (Å²) >= 11 is 7.99. The molecule has 1 atom stereocenters. The zero-order chi connectivity index (χ0) is 16.6. The number of piperidine rings is 1. The minimum Gasteiger partial charge on any atom is -0.317 e. The van der Waals surface area contributed by atoms with Crippen molar-refractivity contribution in [1.29, 1.82) is 0 Å². The third kappa shape index (κ3) is 4.17. The number of halogens is 3. The van der Waals surface area contributed by atoms with Crippen molar-refractivity contribution in [2.75, 3.05) is 13.1 Å². The second-order valence-electron chi connectivity index (χ2n) is 6.90. The Morgan fingerprint density at radius 1 is 1.32 bits per heavy atom. The van der Waals surface area contributed by atoms with Crippen molar-refractivity contribution < 1.29 is 4.39 Å². The van der Waals surface area contributed by atoms with Gasteiger partial charge < -0.3 is 5.32 Å². The molecule has 1 aromatic heterocycles. The molecule has 2 heterocycles. The lowest BCUT2D eigenvalue weighted by Gasteiger charge is -2.29. The quantitative estimate of drug-likeness (QED) is 0.798. The third-order valence-electron chi connectivity index (χ3n) is 5.39. The second kappa shape index (κ2) is 7.89.